The second kappa shape index (κ2) is 7.98. The molecular formula is C35H20N4O. The molecule has 3 aromatic heterocycles. The lowest BCUT2D eigenvalue weighted by atomic mass is 9.99. The number of hydrogen-bond acceptors (Lipinski definition) is 4. The third kappa shape index (κ3) is 2.94. The fraction of sp³-hybridized carbons (Fsp3) is 0. The van der Waals surface area contributed by atoms with Crippen LogP contribution in [0.1, 0.15) is 0 Å². The van der Waals surface area contributed by atoms with Crippen molar-refractivity contribution < 1.29 is 4.42 Å². The van der Waals surface area contributed by atoms with E-state index in [1.54, 1.807) is 0 Å². The summed E-state index contributed by atoms with van der Waals surface area (Å²) in [6.45, 7) is 0. The summed E-state index contributed by atoms with van der Waals surface area (Å²) in [7, 11) is 0. The highest BCUT2D eigenvalue weighted by molar-refractivity contribution is 6.30. The fourth-order valence-electron chi connectivity index (χ4n) is 6.07. The van der Waals surface area contributed by atoms with Crippen molar-refractivity contribution in [1.82, 2.24) is 19.5 Å². The number of para-hydroxylation sites is 1. The molecule has 186 valence electrons. The summed E-state index contributed by atoms with van der Waals surface area (Å²) in [6, 6.07) is 41.4. The minimum absolute atomic E-state index is 0.585. The molecule has 0 spiro atoms. The highest BCUT2D eigenvalue weighted by Gasteiger charge is 2.23. The van der Waals surface area contributed by atoms with Gasteiger partial charge in [0.2, 0.25) is 5.95 Å². The van der Waals surface area contributed by atoms with Crippen molar-refractivity contribution in [3.8, 4) is 28.7 Å². The van der Waals surface area contributed by atoms with Gasteiger partial charge in [-0.25, -0.2) is 4.98 Å². The minimum atomic E-state index is 0.585. The van der Waals surface area contributed by atoms with E-state index in [9.17, 15) is 0 Å². The van der Waals surface area contributed by atoms with Gasteiger partial charge in [-0.1, -0.05) is 103 Å². The fourth-order valence-corrected chi connectivity index (χ4v) is 6.07. The number of rotatable bonds is 3. The quantitative estimate of drug-likeness (QED) is 0.222. The van der Waals surface area contributed by atoms with Crippen LogP contribution in [0.5, 0.6) is 0 Å². The summed E-state index contributed by atoms with van der Waals surface area (Å²) in [4.78, 5) is 15.1. The molecule has 5 heteroatoms. The van der Waals surface area contributed by atoms with Gasteiger partial charge in [0.05, 0.1) is 11.0 Å². The Hall–Kier alpha value is -5.55. The number of furan rings is 1. The van der Waals surface area contributed by atoms with Crippen LogP contribution < -0.4 is 0 Å². The molecule has 9 aromatic rings. The Bertz CT molecular complexity index is 2310. The largest absolute Gasteiger partial charge is 0.456 e. The van der Waals surface area contributed by atoms with Crippen molar-refractivity contribution in [3.05, 3.63) is 121 Å². The van der Waals surface area contributed by atoms with Crippen molar-refractivity contribution in [2.45, 2.75) is 0 Å². The average Bonchev–Trinajstić information content (AvgIpc) is 3.57. The summed E-state index contributed by atoms with van der Waals surface area (Å²) >= 11 is 0. The predicted octanol–water partition coefficient (Wildman–Crippen LogP) is 8.79. The minimum Gasteiger partial charge on any atom is -0.456 e. The van der Waals surface area contributed by atoms with Gasteiger partial charge in [0, 0.05) is 38.1 Å². The highest BCUT2D eigenvalue weighted by Crippen LogP contribution is 2.44. The van der Waals surface area contributed by atoms with Gasteiger partial charge in [-0.05, 0) is 23.6 Å². The van der Waals surface area contributed by atoms with Gasteiger partial charge in [-0.3, -0.25) is 4.57 Å². The number of fused-ring (bicyclic) bond motifs is 4. The molecule has 0 N–H and O–H groups in total. The van der Waals surface area contributed by atoms with Crippen LogP contribution in [-0.2, 0) is 0 Å². The van der Waals surface area contributed by atoms with Crippen LogP contribution in [0.3, 0.4) is 0 Å². The maximum atomic E-state index is 6.39. The molecule has 0 amide bonds. The van der Waals surface area contributed by atoms with Crippen molar-refractivity contribution in [1.29, 1.82) is 0 Å². The van der Waals surface area contributed by atoms with Crippen molar-refractivity contribution in [2.24, 2.45) is 0 Å². The molecule has 0 aliphatic heterocycles. The van der Waals surface area contributed by atoms with Crippen LogP contribution in [0, 0.1) is 0 Å². The van der Waals surface area contributed by atoms with Crippen LogP contribution in [0.2, 0.25) is 0 Å². The zero-order chi connectivity index (χ0) is 26.2. The number of nitrogens with zero attached hydrogens (tertiary/aromatic N) is 4. The average molecular weight is 513 g/mol. The summed E-state index contributed by atoms with van der Waals surface area (Å²) in [5, 5.41) is 6.80. The van der Waals surface area contributed by atoms with Gasteiger partial charge in [0.1, 0.15) is 11.2 Å². The summed E-state index contributed by atoms with van der Waals surface area (Å²) in [5.74, 6) is 1.86. The monoisotopic (exact) mass is 512 g/mol. The maximum absolute atomic E-state index is 6.39. The van der Waals surface area contributed by atoms with Gasteiger partial charge in [-0.2, -0.15) is 9.97 Å². The van der Waals surface area contributed by atoms with Crippen molar-refractivity contribution >= 4 is 54.5 Å². The van der Waals surface area contributed by atoms with E-state index in [1.165, 1.54) is 5.39 Å². The molecule has 0 saturated carbocycles. The van der Waals surface area contributed by atoms with Crippen LogP contribution >= 0.6 is 0 Å². The van der Waals surface area contributed by atoms with E-state index in [2.05, 4.69) is 53.1 Å². The Morgan fingerprint density at radius 2 is 1.20 bits per heavy atom. The van der Waals surface area contributed by atoms with Crippen LogP contribution in [0.15, 0.2) is 126 Å². The Morgan fingerprint density at radius 3 is 1.95 bits per heavy atom. The number of hydrogen-bond donors (Lipinski definition) is 0. The van der Waals surface area contributed by atoms with Gasteiger partial charge < -0.3 is 4.42 Å². The van der Waals surface area contributed by atoms with Crippen LogP contribution in [-0.4, -0.2) is 19.5 Å². The molecule has 5 nitrogen and oxygen atoms in total. The van der Waals surface area contributed by atoms with E-state index in [-0.39, 0.29) is 0 Å². The van der Waals surface area contributed by atoms with E-state index >= 15 is 0 Å². The van der Waals surface area contributed by atoms with Crippen molar-refractivity contribution in [2.75, 3.05) is 0 Å². The lowest BCUT2D eigenvalue weighted by Gasteiger charge is -2.12. The van der Waals surface area contributed by atoms with Gasteiger partial charge in [-0.15, -0.1) is 0 Å². The van der Waals surface area contributed by atoms with Gasteiger partial charge >= 0.3 is 0 Å². The molecule has 0 atom stereocenters. The first kappa shape index (κ1) is 21.4. The molecule has 6 aromatic carbocycles. The Labute approximate surface area is 228 Å². The molecule has 0 fully saturated rings. The first-order valence-electron chi connectivity index (χ1n) is 13.3. The van der Waals surface area contributed by atoms with E-state index in [0.29, 0.717) is 17.6 Å². The lowest BCUT2D eigenvalue weighted by molar-refractivity contribution is 0.670. The molecular weight excluding hydrogens is 492 g/mol. The Kier molecular flexibility index (Phi) is 4.27. The van der Waals surface area contributed by atoms with E-state index in [4.69, 9.17) is 19.4 Å². The molecule has 0 aliphatic carbocycles. The second-order valence-corrected chi connectivity index (χ2v) is 10.1. The molecule has 0 radical (unpaired) electrons. The molecule has 0 saturated heterocycles. The van der Waals surface area contributed by atoms with Gasteiger partial charge in [0.25, 0.3) is 0 Å². The first-order valence-corrected chi connectivity index (χ1v) is 13.3. The topological polar surface area (TPSA) is 56.7 Å². The zero-order valence-electron chi connectivity index (χ0n) is 21.2. The predicted molar refractivity (Wildman–Crippen MR) is 161 cm³/mol. The highest BCUT2D eigenvalue weighted by atomic mass is 16.3. The molecule has 0 bridgehead atoms. The summed E-state index contributed by atoms with van der Waals surface area (Å²) < 4.78 is 8.58. The Balaban J connectivity index is 1.45. The summed E-state index contributed by atoms with van der Waals surface area (Å²) in [6.07, 6.45) is 0. The van der Waals surface area contributed by atoms with E-state index in [1.807, 2.05) is 72.8 Å². The third-order valence-electron chi connectivity index (χ3n) is 7.81. The molecule has 3 heterocycles. The van der Waals surface area contributed by atoms with Gasteiger partial charge in [0.15, 0.2) is 11.6 Å². The van der Waals surface area contributed by atoms with Crippen LogP contribution in [0.4, 0.5) is 0 Å². The van der Waals surface area contributed by atoms with Crippen molar-refractivity contribution in [3.63, 3.8) is 0 Å². The lowest BCUT2D eigenvalue weighted by Crippen LogP contribution is -2.06. The van der Waals surface area contributed by atoms with E-state index in [0.717, 1.165) is 60.3 Å². The maximum Gasteiger partial charge on any atom is 0.238 e. The zero-order valence-corrected chi connectivity index (χ0v) is 21.2. The number of aromatic nitrogens is 4. The SMILES string of the molecule is c1ccc(-c2nc(-c3ccccc3)nc(-n3c4ccccc4c4cc5oc6cccc7ccc(c5c76)c43)n2)cc1. The normalized spacial score (nSPS) is 12.0. The van der Waals surface area contributed by atoms with Crippen LogP contribution in [0.25, 0.3) is 83.2 Å². The first-order chi connectivity index (χ1) is 19.8. The molecule has 9 rings (SSSR count). The molecule has 40 heavy (non-hydrogen) atoms. The molecule has 0 aliphatic rings. The standard InChI is InChI=1S/C35H20N4O/c1-3-10-22(11-4-1)33-36-34(23-12-5-2-6-13-23)38-35(37-33)39-27-16-8-7-15-24(27)26-20-29-31-25(32(26)39)19-18-21-14-9-17-28(40-29)30(21)31/h1-20H. The summed E-state index contributed by atoms with van der Waals surface area (Å²) in [5.41, 5.74) is 5.78. The van der Waals surface area contributed by atoms with E-state index < -0.39 is 0 Å². The number of benzene rings is 6. The Morgan fingerprint density at radius 1 is 0.500 bits per heavy atom. The second-order valence-electron chi connectivity index (χ2n) is 10.1. The molecule has 0 unspecified atom stereocenters. The third-order valence-corrected chi connectivity index (χ3v) is 7.81. The smallest absolute Gasteiger partial charge is 0.238 e.